The monoisotopic (exact) mass is 766 g/mol. The number of aliphatic carboxylic acids is 1. The lowest BCUT2D eigenvalue weighted by molar-refractivity contribution is -0.322. The maximum atomic E-state index is 14.4. The predicted molar refractivity (Wildman–Crippen MR) is 171 cm³/mol. The van der Waals surface area contributed by atoms with Gasteiger partial charge in [0.05, 0.1) is 24.1 Å². The van der Waals surface area contributed by atoms with Crippen LogP contribution in [0.4, 0.5) is 22.0 Å². The van der Waals surface area contributed by atoms with Gasteiger partial charge in [0.15, 0.2) is 12.1 Å². The Hall–Kier alpha value is -4.52. The fourth-order valence-electron chi connectivity index (χ4n) is 6.21. The Bertz CT molecular complexity index is 2100. The van der Waals surface area contributed by atoms with Crippen LogP contribution in [0.15, 0.2) is 66.9 Å². The fourth-order valence-corrected chi connectivity index (χ4v) is 6.49. The number of halogens is 7. The van der Waals surface area contributed by atoms with Crippen molar-refractivity contribution >= 4 is 29.2 Å². The first kappa shape index (κ1) is 35.9. The van der Waals surface area contributed by atoms with Crippen molar-refractivity contribution in [3.8, 4) is 16.9 Å². The second kappa shape index (κ2) is 14.1. The van der Waals surface area contributed by atoms with Crippen LogP contribution < -0.4 is 0 Å². The van der Waals surface area contributed by atoms with Gasteiger partial charge in [0, 0.05) is 16.1 Å². The van der Waals surface area contributed by atoms with Crippen LogP contribution in [-0.2, 0) is 29.9 Å². The molecule has 3 aromatic carbocycles. The number of alkyl halides is 3. The van der Waals surface area contributed by atoms with Crippen molar-refractivity contribution in [2.24, 2.45) is 0 Å². The molecule has 2 aliphatic rings. The normalized spacial score (nSPS) is 23.4. The van der Waals surface area contributed by atoms with Crippen LogP contribution >= 0.6 is 23.2 Å². The van der Waals surface area contributed by atoms with Crippen LogP contribution in [0.5, 0.6) is 0 Å². The summed E-state index contributed by atoms with van der Waals surface area (Å²) in [5.74, 6) is -3.64. The Kier molecular flexibility index (Phi) is 9.75. The van der Waals surface area contributed by atoms with Gasteiger partial charge in [0.2, 0.25) is 0 Å². The summed E-state index contributed by atoms with van der Waals surface area (Å²) in [6.45, 7) is 0.430. The van der Waals surface area contributed by atoms with Crippen LogP contribution in [0.3, 0.4) is 0 Å². The number of hydrogen-bond donors (Lipinski definition) is 1. The minimum atomic E-state index is -4.84. The van der Waals surface area contributed by atoms with Crippen LogP contribution in [0.1, 0.15) is 41.2 Å². The zero-order valence-electron chi connectivity index (χ0n) is 26.5. The van der Waals surface area contributed by atoms with E-state index >= 15 is 0 Å². The summed E-state index contributed by atoms with van der Waals surface area (Å²) in [7, 11) is 0. The summed E-state index contributed by atoms with van der Waals surface area (Å²) in [5, 5.41) is 21.5. The van der Waals surface area contributed by atoms with Gasteiger partial charge in [-0.05, 0) is 37.3 Å². The molecule has 5 aromatic rings. The number of benzene rings is 3. The molecule has 2 aromatic heterocycles. The van der Waals surface area contributed by atoms with Gasteiger partial charge in [0.1, 0.15) is 65.2 Å². The standard InChI is InChI=1S/C33H25Cl2F5N6O6/c1-15-41-31(46(43-15)23-11-18(34)7-8-19(23)33(38,39)40)30-29(49-14-25(47)48)27(28-24(51-30)13-50-32(52-28)16-5-3-2-4-6-16)45-12-22(42-44-45)17-9-20(36)26(35)21(37)10-17/h2-12,24,27-30,32H,13-14H2,1H3,(H,47,48). The molecule has 4 heterocycles. The van der Waals surface area contributed by atoms with E-state index < -0.39 is 83.4 Å². The molecule has 0 aliphatic carbocycles. The SMILES string of the molecule is Cc1nc(C2OC3COC(c4ccccc4)OC3C(n3cc(-c4cc(F)c(Cl)c(F)c4)nn3)C2OCC(=O)O)n(-c2cc(Cl)ccc2C(F)(F)F)n1. The number of nitrogens with zero attached hydrogens (tertiary/aromatic N) is 6. The largest absolute Gasteiger partial charge is 0.480 e. The third-order valence-electron chi connectivity index (χ3n) is 8.40. The van der Waals surface area contributed by atoms with Gasteiger partial charge in [0.25, 0.3) is 0 Å². The second-order valence-corrected chi connectivity index (χ2v) is 12.7. The first-order valence-corrected chi connectivity index (χ1v) is 16.2. The van der Waals surface area contributed by atoms with Gasteiger partial charge in [-0.3, -0.25) is 0 Å². The number of rotatable bonds is 8. The Labute approximate surface area is 300 Å². The van der Waals surface area contributed by atoms with Crippen LogP contribution in [0.25, 0.3) is 16.9 Å². The van der Waals surface area contributed by atoms with Crippen molar-refractivity contribution in [2.45, 2.75) is 49.8 Å². The lowest BCUT2D eigenvalue weighted by atomic mass is 9.90. The summed E-state index contributed by atoms with van der Waals surface area (Å²) in [6, 6.07) is 12.5. The molecule has 2 saturated heterocycles. The maximum Gasteiger partial charge on any atom is 0.418 e. The number of fused-ring (bicyclic) bond motifs is 1. The highest BCUT2D eigenvalue weighted by molar-refractivity contribution is 6.31. The quantitative estimate of drug-likeness (QED) is 0.134. The summed E-state index contributed by atoms with van der Waals surface area (Å²) in [6.07, 6.45) is -9.33. The highest BCUT2D eigenvalue weighted by Crippen LogP contribution is 2.46. The Balaban J connectivity index is 1.38. The summed E-state index contributed by atoms with van der Waals surface area (Å²) in [4.78, 5) is 16.3. The third kappa shape index (κ3) is 6.99. The van der Waals surface area contributed by atoms with Gasteiger partial charge in [-0.15, -0.1) is 5.10 Å². The van der Waals surface area contributed by atoms with Crippen LogP contribution in [-0.4, -0.2) is 72.4 Å². The molecule has 0 bridgehead atoms. The van der Waals surface area contributed by atoms with Crippen molar-refractivity contribution in [3.63, 3.8) is 0 Å². The molecule has 0 amide bonds. The number of aryl methyl sites for hydroxylation is 1. The number of aromatic nitrogens is 6. The van der Waals surface area contributed by atoms with E-state index in [1.54, 1.807) is 30.3 Å². The number of carboxylic acid groups (broad SMARTS) is 1. The van der Waals surface area contributed by atoms with E-state index in [9.17, 15) is 31.9 Å². The third-order valence-corrected chi connectivity index (χ3v) is 9.00. The zero-order chi connectivity index (χ0) is 36.9. The van der Waals surface area contributed by atoms with E-state index in [0.717, 1.165) is 35.0 Å². The molecule has 2 aliphatic heterocycles. The second-order valence-electron chi connectivity index (χ2n) is 11.9. The minimum Gasteiger partial charge on any atom is -0.480 e. The van der Waals surface area contributed by atoms with Crippen molar-refractivity contribution < 1.29 is 50.8 Å². The van der Waals surface area contributed by atoms with Gasteiger partial charge >= 0.3 is 12.1 Å². The summed E-state index contributed by atoms with van der Waals surface area (Å²) >= 11 is 11.8. The van der Waals surface area contributed by atoms with Gasteiger partial charge < -0.3 is 24.1 Å². The number of ether oxygens (including phenoxy) is 4. The molecule has 2 fully saturated rings. The Morgan fingerprint density at radius 3 is 2.48 bits per heavy atom. The maximum absolute atomic E-state index is 14.4. The van der Waals surface area contributed by atoms with Crippen molar-refractivity contribution in [3.05, 3.63) is 111 Å². The Morgan fingerprint density at radius 1 is 1.06 bits per heavy atom. The molecule has 19 heteroatoms. The molecular weight excluding hydrogens is 742 g/mol. The Morgan fingerprint density at radius 2 is 1.79 bits per heavy atom. The number of carboxylic acids is 1. The minimum absolute atomic E-state index is 0.00882. The van der Waals surface area contributed by atoms with Gasteiger partial charge in [-0.25, -0.2) is 27.9 Å². The predicted octanol–water partition coefficient (Wildman–Crippen LogP) is 6.70. The first-order chi connectivity index (χ1) is 24.8. The summed E-state index contributed by atoms with van der Waals surface area (Å²) in [5.41, 5.74) is -0.975. The molecule has 6 atom stereocenters. The molecule has 0 spiro atoms. The average Bonchev–Trinajstić information content (AvgIpc) is 3.75. The average molecular weight is 767 g/mol. The van der Waals surface area contributed by atoms with Crippen molar-refractivity contribution in [1.82, 2.24) is 29.8 Å². The molecule has 0 radical (unpaired) electrons. The van der Waals surface area contributed by atoms with Gasteiger partial charge in [-0.2, -0.15) is 18.3 Å². The van der Waals surface area contributed by atoms with Crippen molar-refractivity contribution in [1.29, 1.82) is 0 Å². The van der Waals surface area contributed by atoms with E-state index in [-0.39, 0.29) is 34.5 Å². The van der Waals surface area contributed by atoms with E-state index in [0.29, 0.717) is 5.56 Å². The van der Waals surface area contributed by atoms with E-state index in [1.165, 1.54) is 17.8 Å². The topological polar surface area (TPSA) is 136 Å². The summed E-state index contributed by atoms with van der Waals surface area (Å²) < 4.78 is 98.8. The number of carbonyl (C=O) groups is 1. The van der Waals surface area contributed by atoms with Crippen molar-refractivity contribution in [2.75, 3.05) is 13.2 Å². The molecular formula is C33H25Cl2F5N6O6. The lowest BCUT2D eigenvalue weighted by Gasteiger charge is -2.48. The molecule has 12 nitrogen and oxygen atoms in total. The van der Waals surface area contributed by atoms with Crippen LogP contribution in [0, 0.1) is 18.6 Å². The smallest absolute Gasteiger partial charge is 0.418 e. The zero-order valence-corrected chi connectivity index (χ0v) is 28.1. The van der Waals surface area contributed by atoms with E-state index in [2.05, 4.69) is 20.4 Å². The van der Waals surface area contributed by atoms with Crippen LogP contribution in [0.2, 0.25) is 10.0 Å². The molecule has 7 rings (SSSR count). The molecule has 52 heavy (non-hydrogen) atoms. The highest BCUT2D eigenvalue weighted by Gasteiger charge is 2.54. The molecule has 6 unspecified atom stereocenters. The molecule has 1 N–H and O–H groups in total. The van der Waals surface area contributed by atoms with E-state index in [1.807, 2.05) is 0 Å². The first-order valence-electron chi connectivity index (χ1n) is 15.5. The van der Waals surface area contributed by atoms with E-state index in [4.69, 9.17) is 42.1 Å². The van der Waals surface area contributed by atoms with Gasteiger partial charge in [-0.1, -0.05) is 58.7 Å². The highest BCUT2D eigenvalue weighted by atomic mass is 35.5. The molecule has 272 valence electrons. The number of hydrogen-bond acceptors (Lipinski definition) is 9. The molecule has 0 saturated carbocycles. The lowest BCUT2D eigenvalue weighted by Crippen LogP contribution is -2.58. The fraction of sp³-hybridized carbons (Fsp3) is 0.303.